The molecule has 0 fully saturated rings. The molecule has 96 heavy (non-hydrogen) atoms. The molecule has 0 aromatic rings. The quantitative estimate of drug-likeness (QED) is 0.0195. The van der Waals surface area contributed by atoms with Crippen LogP contribution in [0.5, 0.6) is 0 Å². The summed E-state index contributed by atoms with van der Waals surface area (Å²) in [5.41, 5.74) is 0. The molecule has 0 radical (unpaired) electrons. The summed E-state index contributed by atoms with van der Waals surface area (Å²) >= 11 is 0. The van der Waals surface area contributed by atoms with Crippen molar-refractivity contribution in [2.45, 2.75) is 367 Å². The Morgan fingerprint density at radius 3 is 0.833 bits per heavy atom. The molecule has 10 heteroatoms. The molecule has 0 spiro atoms. The first-order valence-corrected chi connectivity index (χ1v) is 41.7. The maximum atomic E-state index is 12.9. The van der Waals surface area contributed by atoms with Gasteiger partial charge >= 0.3 is 11.9 Å². The Balaban J connectivity index is 3.92. The van der Waals surface area contributed by atoms with Gasteiger partial charge in [-0.3, -0.25) is 14.2 Å². The van der Waals surface area contributed by atoms with Gasteiger partial charge in [0.05, 0.1) is 27.7 Å². The summed E-state index contributed by atoms with van der Waals surface area (Å²) in [7, 11) is 1.17. The van der Waals surface area contributed by atoms with Gasteiger partial charge in [0.2, 0.25) is 0 Å². The second kappa shape index (κ2) is 75.6. The van der Waals surface area contributed by atoms with E-state index in [1.807, 2.05) is 21.1 Å². The highest BCUT2D eigenvalue weighted by molar-refractivity contribution is 7.45. The Hall–Kier alpha value is -3.59. The van der Waals surface area contributed by atoms with Crippen LogP contribution in [0.4, 0.5) is 0 Å². The van der Waals surface area contributed by atoms with Crippen molar-refractivity contribution in [3.05, 3.63) is 122 Å². The fourth-order valence-electron chi connectivity index (χ4n) is 11.4. The molecule has 0 aliphatic carbocycles. The molecular weight excluding hydrogens is 1210 g/mol. The molecule has 0 N–H and O–H groups in total. The van der Waals surface area contributed by atoms with Gasteiger partial charge in [0, 0.05) is 12.8 Å². The van der Waals surface area contributed by atoms with Crippen molar-refractivity contribution >= 4 is 19.8 Å². The van der Waals surface area contributed by atoms with Gasteiger partial charge in [0.25, 0.3) is 7.82 Å². The van der Waals surface area contributed by atoms with Crippen LogP contribution in [-0.4, -0.2) is 70.0 Å². The minimum Gasteiger partial charge on any atom is -0.756 e. The lowest BCUT2D eigenvalue weighted by atomic mass is 10.0. The van der Waals surface area contributed by atoms with Crippen LogP contribution in [0.25, 0.3) is 0 Å². The number of quaternary nitrogens is 1. The number of phosphoric acid groups is 1. The zero-order chi connectivity index (χ0) is 69.7. The van der Waals surface area contributed by atoms with E-state index in [1.165, 1.54) is 225 Å². The molecule has 0 saturated carbocycles. The first-order chi connectivity index (χ1) is 47.0. The van der Waals surface area contributed by atoms with Crippen LogP contribution in [0, 0.1) is 0 Å². The standard InChI is InChI=1S/C86H152NO8P/c1-6-8-10-12-14-16-18-20-22-24-26-28-30-32-34-36-38-39-40-41-42-43-44-45-46-47-49-50-52-54-56-58-60-62-64-66-68-70-72-74-76-78-85(88)92-82-84(83-94-96(90,91)93-81-80-87(3,4)5)95-86(89)79-77-75-73-71-69-67-65-63-61-59-57-55-53-51-48-37-35-33-31-29-27-25-23-21-19-17-15-13-11-9-7-2/h8-11,14-17,20-23,26-29,33,35,48,51,84H,6-7,12-13,18-19,24-25,30-32,34,36-47,49-50,52-83H2,1-5H3/b10-8-,11-9-,16-14-,17-15-,22-20-,23-21-,28-26-,29-27-,35-33-,51-48-. The van der Waals surface area contributed by atoms with Crippen molar-refractivity contribution < 1.29 is 42.1 Å². The van der Waals surface area contributed by atoms with Gasteiger partial charge in [-0.15, -0.1) is 0 Å². The molecule has 0 heterocycles. The maximum Gasteiger partial charge on any atom is 0.306 e. The van der Waals surface area contributed by atoms with Crippen LogP contribution in [0.1, 0.15) is 361 Å². The minimum absolute atomic E-state index is 0.0334. The SMILES string of the molecule is CC/C=C\C/C=C\C/C=C\C/C=C\C/C=C\C/C=C\CCCCCCCCCCCCCCC(=O)OC(COC(=O)CCCCCCCCCCCCCCCCCCCCCCCCCCCCCC/C=C\C/C=C\C/C=C\C/C=C\CC)COP(=O)([O-])OCC[N+](C)(C)C. The predicted molar refractivity (Wildman–Crippen MR) is 415 cm³/mol. The lowest BCUT2D eigenvalue weighted by Crippen LogP contribution is -2.37. The molecule has 0 aromatic heterocycles. The zero-order valence-corrected chi connectivity index (χ0v) is 64.2. The molecule has 0 saturated heterocycles. The summed E-state index contributed by atoms with van der Waals surface area (Å²) in [4.78, 5) is 38.2. The second-order valence-electron chi connectivity index (χ2n) is 28.0. The number of hydrogen-bond donors (Lipinski definition) is 0. The fraction of sp³-hybridized carbons (Fsp3) is 0.744. The molecule has 0 rings (SSSR count). The topological polar surface area (TPSA) is 111 Å². The number of hydrogen-bond acceptors (Lipinski definition) is 8. The van der Waals surface area contributed by atoms with Crippen LogP contribution in [0.2, 0.25) is 0 Å². The van der Waals surface area contributed by atoms with E-state index in [2.05, 4.69) is 135 Å². The van der Waals surface area contributed by atoms with Crippen molar-refractivity contribution in [1.82, 2.24) is 0 Å². The van der Waals surface area contributed by atoms with Crippen LogP contribution in [-0.2, 0) is 32.7 Å². The highest BCUT2D eigenvalue weighted by Crippen LogP contribution is 2.38. The number of phosphoric ester groups is 1. The Bertz CT molecular complexity index is 2040. The van der Waals surface area contributed by atoms with Gasteiger partial charge in [0.1, 0.15) is 19.8 Å². The summed E-state index contributed by atoms with van der Waals surface area (Å²) in [5.74, 6) is -0.824. The number of ether oxygens (including phenoxy) is 2. The van der Waals surface area contributed by atoms with E-state index in [9.17, 15) is 19.0 Å². The van der Waals surface area contributed by atoms with Gasteiger partial charge in [0.15, 0.2) is 6.10 Å². The van der Waals surface area contributed by atoms with Crippen molar-refractivity contribution in [1.29, 1.82) is 0 Å². The first-order valence-electron chi connectivity index (χ1n) is 40.2. The summed E-state index contributed by atoms with van der Waals surface area (Å²) in [6, 6.07) is 0. The van der Waals surface area contributed by atoms with Crippen LogP contribution < -0.4 is 4.89 Å². The zero-order valence-electron chi connectivity index (χ0n) is 63.3. The maximum absolute atomic E-state index is 12.9. The average Bonchev–Trinajstić information content (AvgIpc) is 1.97. The number of carbonyl (C=O) groups is 2. The molecule has 0 amide bonds. The van der Waals surface area contributed by atoms with Gasteiger partial charge in [-0.2, -0.15) is 0 Å². The number of unbranched alkanes of at least 4 members (excludes halogenated alkanes) is 40. The van der Waals surface area contributed by atoms with Crippen molar-refractivity contribution in [2.24, 2.45) is 0 Å². The van der Waals surface area contributed by atoms with E-state index in [4.69, 9.17) is 18.5 Å². The number of nitrogens with zero attached hydrogens (tertiary/aromatic N) is 1. The van der Waals surface area contributed by atoms with E-state index in [-0.39, 0.29) is 32.0 Å². The number of esters is 2. The van der Waals surface area contributed by atoms with Gasteiger partial charge in [-0.1, -0.05) is 367 Å². The lowest BCUT2D eigenvalue weighted by Gasteiger charge is -2.28. The fourth-order valence-corrected chi connectivity index (χ4v) is 12.2. The number of carbonyl (C=O) groups excluding carboxylic acids is 2. The monoisotopic (exact) mass is 1360 g/mol. The summed E-state index contributed by atoms with van der Waals surface area (Å²) in [6.07, 6.45) is 109. The third-order valence-electron chi connectivity index (χ3n) is 17.5. The summed E-state index contributed by atoms with van der Waals surface area (Å²) in [5, 5.41) is 0. The summed E-state index contributed by atoms with van der Waals surface area (Å²) in [6.45, 7) is 4.05. The van der Waals surface area contributed by atoms with E-state index in [0.717, 1.165) is 103 Å². The summed E-state index contributed by atoms with van der Waals surface area (Å²) < 4.78 is 34.4. The first kappa shape index (κ1) is 92.4. The highest BCUT2D eigenvalue weighted by atomic mass is 31.2. The van der Waals surface area contributed by atoms with Gasteiger partial charge in [-0.05, 0) is 103 Å². The predicted octanol–water partition coefficient (Wildman–Crippen LogP) is 26.3. The van der Waals surface area contributed by atoms with Crippen LogP contribution in [0.3, 0.4) is 0 Å². The van der Waals surface area contributed by atoms with Gasteiger partial charge in [-0.25, -0.2) is 0 Å². The van der Waals surface area contributed by atoms with Gasteiger partial charge < -0.3 is 27.9 Å². The minimum atomic E-state index is -4.65. The highest BCUT2D eigenvalue weighted by Gasteiger charge is 2.22. The van der Waals surface area contributed by atoms with E-state index in [0.29, 0.717) is 17.4 Å². The Morgan fingerprint density at radius 2 is 0.562 bits per heavy atom. The molecule has 0 aromatic carbocycles. The molecule has 554 valence electrons. The molecule has 0 bridgehead atoms. The third kappa shape index (κ3) is 79.4. The molecule has 9 nitrogen and oxygen atoms in total. The smallest absolute Gasteiger partial charge is 0.306 e. The number of allylic oxidation sites excluding steroid dienone is 20. The third-order valence-corrected chi connectivity index (χ3v) is 18.4. The Kier molecular flexibility index (Phi) is 72.8. The molecule has 2 atom stereocenters. The molecule has 2 unspecified atom stereocenters. The normalized spacial score (nSPS) is 13.7. The largest absolute Gasteiger partial charge is 0.756 e. The van der Waals surface area contributed by atoms with Crippen molar-refractivity contribution in [3.8, 4) is 0 Å². The van der Waals surface area contributed by atoms with Crippen molar-refractivity contribution in [2.75, 3.05) is 47.5 Å². The lowest BCUT2D eigenvalue weighted by molar-refractivity contribution is -0.870. The Labute approximate surface area is 594 Å². The van der Waals surface area contributed by atoms with Crippen LogP contribution in [0.15, 0.2) is 122 Å². The van der Waals surface area contributed by atoms with Crippen LogP contribution >= 0.6 is 7.82 Å². The number of likely N-dealkylation sites (N-methyl/N-ethyl adjacent to an activating group) is 1. The second-order valence-corrected chi connectivity index (χ2v) is 29.4. The number of rotatable bonds is 74. The van der Waals surface area contributed by atoms with E-state index >= 15 is 0 Å². The Morgan fingerprint density at radius 1 is 0.323 bits per heavy atom. The molecular formula is C86H152NO8P. The van der Waals surface area contributed by atoms with E-state index in [1.54, 1.807) is 0 Å². The average molecular weight is 1360 g/mol. The van der Waals surface area contributed by atoms with E-state index < -0.39 is 26.5 Å². The molecule has 0 aliphatic rings. The van der Waals surface area contributed by atoms with Crippen molar-refractivity contribution in [3.63, 3.8) is 0 Å². The molecule has 0 aliphatic heterocycles.